The molecular weight excluding hydrogens is 229 g/mol. The van der Waals surface area contributed by atoms with Crippen LogP contribution in [0.5, 0.6) is 0 Å². The van der Waals surface area contributed by atoms with Crippen LogP contribution >= 0.6 is 12.2 Å². The van der Waals surface area contributed by atoms with E-state index < -0.39 is 0 Å². The SMILES string of the molecule is COCCNC(=S)NNc1ccc(F)cc1. The van der Waals surface area contributed by atoms with Crippen molar-refractivity contribution in [2.75, 3.05) is 25.7 Å². The first-order valence-corrected chi connectivity index (χ1v) is 5.17. The molecular formula is C10H14FN3OS. The fourth-order valence-electron chi connectivity index (χ4n) is 0.973. The number of rotatable bonds is 5. The molecule has 0 aliphatic rings. The van der Waals surface area contributed by atoms with E-state index in [1.807, 2.05) is 0 Å². The van der Waals surface area contributed by atoms with Crippen molar-refractivity contribution in [2.45, 2.75) is 0 Å². The molecule has 0 unspecified atom stereocenters. The second-order valence-corrected chi connectivity index (χ2v) is 3.41. The molecule has 0 heterocycles. The normalized spacial score (nSPS) is 9.62. The molecule has 6 heteroatoms. The largest absolute Gasteiger partial charge is 0.383 e. The fourth-order valence-corrected chi connectivity index (χ4v) is 1.13. The Balaban J connectivity index is 2.23. The molecule has 0 fully saturated rings. The molecule has 1 aromatic rings. The predicted octanol–water partition coefficient (Wildman–Crippen LogP) is 1.26. The molecule has 0 radical (unpaired) electrons. The van der Waals surface area contributed by atoms with E-state index in [1.54, 1.807) is 19.2 Å². The highest BCUT2D eigenvalue weighted by Gasteiger charge is 1.95. The summed E-state index contributed by atoms with van der Waals surface area (Å²) >= 11 is 4.98. The van der Waals surface area contributed by atoms with E-state index in [0.717, 1.165) is 5.69 Å². The maximum absolute atomic E-state index is 12.6. The average Bonchev–Trinajstić information content (AvgIpc) is 2.29. The number of methoxy groups -OCH3 is 1. The predicted molar refractivity (Wildman–Crippen MR) is 65.6 cm³/mol. The highest BCUT2D eigenvalue weighted by atomic mass is 32.1. The zero-order valence-electron chi connectivity index (χ0n) is 8.92. The minimum Gasteiger partial charge on any atom is -0.383 e. The summed E-state index contributed by atoms with van der Waals surface area (Å²) in [5.74, 6) is -0.272. The Kier molecular flexibility index (Phi) is 5.52. The van der Waals surface area contributed by atoms with Gasteiger partial charge in [0.25, 0.3) is 0 Å². The van der Waals surface area contributed by atoms with Crippen LogP contribution in [-0.4, -0.2) is 25.4 Å². The minimum absolute atomic E-state index is 0.272. The lowest BCUT2D eigenvalue weighted by molar-refractivity contribution is 0.204. The highest BCUT2D eigenvalue weighted by Crippen LogP contribution is 2.06. The zero-order valence-corrected chi connectivity index (χ0v) is 9.73. The van der Waals surface area contributed by atoms with Crippen LogP contribution < -0.4 is 16.2 Å². The van der Waals surface area contributed by atoms with Crippen LogP contribution in [0, 0.1) is 5.82 Å². The van der Waals surface area contributed by atoms with Crippen molar-refractivity contribution >= 4 is 23.0 Å². The molecule has 0 aromatic heterocycles. The van der Waals surface area contributed by atoms with Crippen LogP contribution in [-0.2, 0) is 4.74 Å². The molecule has 1 rings (SSSR count). The summed E-state index contributed by atoms with van der Waals surface area (Å²) in [5.41, 5.74) is 6.34. The number of ether oxygens (including phenoxy) is 1. The quantitative estimate of drug-likeness (QED) is 0.413. The van der Waals surface area contributed by atoms with Crippen LogP contribution in [0.1, 0.15) is 0 Å². The standard InChI is InChI=1S/C10H14FN3OS/c1-15-7-6-12-10(16)14-13-9-4-2-8(11)3-5-9/h2-5,13H,6-7H2,1H3,(H2,12,14,16). The van der Waals surface area contributed by atoms with E-state index in [0.29, 0.717) is 18.3 Å². The number of benzene rings is 1. The number of hydrogen-bond donors (Lipinski definition) is 3. The summed E-state index contributed by atoms with van der Waals surface area (Å²) in [6.45, 7) is 1.21. The summed E-state index contributed by atoms with van der Waals surface area (Å²) in [6, 6.07) is 5.96. The Morgan fingerprint density at radius 2 is 2.06 bits per heavy atom. The lowest BCUT2D eigenvalue weighted by Gasteiger charge is -2.11. The summed E-state index contributed by atoms with van der Waals surface area (Å²) in [4.78, 5) is 0. The van der Waals surface area contributed by atoms with Crippen molar-refractivity contribution in [3.8, 4) is 0 Å². The second-order valence-electron chi connectivity index (χ2n) is 3.01. The number of halogens is 1. The van der Waals surface area contributed by atoms with Crippen molar-refractivity contribution in [1.29, 1.82) is 0 Å². The molecule has 3 N–H and O–H groups in total. The van der Waals surface area contributed by atoms with Gasteiger partial charge in [-0.3, -0.25) is 10.9 Å². The lowest BCUT2D eigenvalue weighted by Crippen LogP contribution is -2.40. The Labute approximate surface area is 99.1 Å². The number of hydrogen-bond acceptors (Lipinski definition) is 3. The van der Waals surface area contributed by atoms with Gasteiger partial charge in [0, 0.05) is 13.7 Å². The van der Waals surface area contributed by atoms with Gasteiger partial charge < -0.3 is 10.1 Å². The Morgan fingerprint density at radius 3 is 2.69 bits per heavy atom. The average molecular weight is 243 g/mol. The van der Waals surface area contributed by atoms with E-state index in [9.17, 15) is 4.39 Å². The van der Waals surface area contributed by atoms with E-state index in [1.165, 1.54) is 12.1 Å². The van der Waals surface area contributed by atoms with Crippen LogP contribution in [0.15, 0.2) is 24.3 Å². The van der Waals surface area contributed by atoms with Gasteiger partial charge in [0.15, 0.2) is 5.11 Å². The monoisotopic (exact) mass is 243 g/mol. The molecule has 4 nitrogen and oxygen atoms in total. The number of nitrogens with one attached hydrogen (secondary N) is 3. The Morgan fingerprint density at radius 1 is 1.38 bits per heavy atom. The van der Waals surface area contributed by atoms with Crippen molar-refractivity contribution in [2.24, 2.45) is 0 Å². The molecule has 0 bridgehead atoms. The lowest BCUT2D eigenvalue weighted by atomic mass is 10.3. The molecule has 1 aromatic carbocycles. The molecule has 0 aliphatic carbocycles. The van der Waals surface area contributed by atoms with Gasteiger partial charge in [0.2, 0.25) is 0 Å². The Bertz CT molecular complexity index is 331. The van der Waals surface area contributed by atoms with Crippen molar-refractivity contribution in [3.05, 3.63) is 30.1 Å². The smallest absolute Gasteiger partial charge is 0.185 e. The van der Waals surface area contributed by atoms with Crippen LogP contribution in [0.25, 0.3) is 0 Å². The molecule has 0 saturated heterocycles. The van der Waals surface area contributed by atoms with E-state index >= 15 is 0 Å². The maximum Gasteiger partial charge on any atom is 0.185 e. The number of hydrazine groups is 1. The second kappa shape index (κ2) is 6.97. The van der Waals surface area contributed by atoms with Gasteiger partial charge in [-0.15, -0.1) is 0 Å². The molecule has 0 saturated carbocycles. The van der Waals surface area contributed by atoms with Crippen LogP contribution in [0.4, 0.5) is 10.1 Å². The van der Waals surface area contributed by atoms with E-state index in [-0.39, 0.29) is 5.82 Å². The zero-order chi connectivity index (χ0) is 11.8. The molecule has 0 atom stereocenters. The van der Waals surface area contributed by atoms with Gasteiger partial charge in [-0.2, -0.15) is 0 Å². The number of anilines is 1. The van der Waals surface area contributed by atoms with Crippen LogP contribution in [0.3, 0.4) is 0 Å². The topological polar surface area (TPSA) is 45.3 Å². The van der Waals surface area contributed by atoms with Gasteiger partial charge in [0.05, 0.1) is 12.3 Å². The Hall–Kier alpha value is -1.40. The highest BCUT2D eigenvalue weighted by molar-refractivity contribution is 7.80. The van der Waals surface area contributed by atoms with Gasteiger partial charge in [-0.1, -0.05) is 0 Å². The minimum atomic E-state index is -0.272. The van der Waals surface area contributed by atoms with Gasteiger partial charge in [-0.25, -0.2) is 4.39 Å². The molecule has 0 aliphatic heterocycles. The summed E-state index contributed by atoms with van der Waals surface area (Å²) in [7, 11) is 1.62. The first kappa shape index (κ1) is 12.7. The van der Waals surface area contributed by atoms with E-state index in [2.05, 4.69) is 16.2 Å². The third-order valence-electron chi connectivity index (χ3n) is 1.76. The van der Waals surface area contributed by atoms with E-state index in [4.69, 9.17) is 17.0 Å². The first-order valence-electron chi connectivity index (χ1n) is 4.76. The molecule has 0 spiro atoms. The number of thiocarbonyl (C=S) groups is 1. The molecule has 16 heavy (non-hydrogen) atoms. The molecule has 88 valence electrons. The summed E-state index contributed by atoms with van der Waals surface area (Å²) in [6.07, 6.45) is 0. The van der Waals surface area contributed by atoms with Crippen LogP contribution in [0.2, 0.25) is 0 Å². The molecule has 0 amide bonds. The third kappa shape index (κ3) is 4.90. The summed E-state index contributed by atoms with van der Waals surface area (Å²) < 4.78 is 17.4. The fraction of sp³-hybridized carbons (Fsp3) is 0.300. The third-order valence-corrected chi connectivity index (χ3v) is 2.00. The first-order chi connectivity index (χ1) is 7.72. The summed E-state index contributed by atoms with van der Waals surface area (Å²) in [5, 5.41) is 3.38. The van der Waals surface area contributed by atoms with Gasteiger partial charge in [0.1, 0.15) is 5.82 Å². The van der Waals surface area contributed by atoms with Gasteiger partial charge >= 0.3 is 0 Å². The maximum atomic E-state index is 12.6. The van der Waals surface area contributed by atoms with Gasteiger partial charge in [-0.05, 0) is 36.5 Å². The van der Waals surface area contributed by atoms with Crippen molar-refractivity contribution in [1.82, 2.24) is 10.7 Å². The van der Waals surface area contributed by atoms with Crippen molar-refractivity contribution in [3.63, 3.8) is 0 Å². The van der Waals surface area contributed by atoms with Crippen molar-refractivity contribution < 1.29 is 9.13 Å².